The highest BCUT2D eigenvalue weighted by molar-refractivity contribution is 7.15. The Morgan fingerprint density at radius 1 is 1.37 bits per heavy atom. The molecule has 3 aromatic heterocycles. The van der Waals surface area contributed by atoms with Gasteiger partial charge < -0.3 is 9.88 Å². The van der Waals surface area contributed by atoms with Gasteiger partial charge in [0.2, 0.25) is 0 Å². The van der Waals surface area contributed by atoms with Gasteiger partial charge in [0.15, 0.2) is 4.96 Å². The Morgan fingerprint density at radius 2 is 2.26 bits per heavy atom. The summed E-state index contributed by atoms with van der Waals surface area (Å²) in [4.78, 5) is 9.93. The first kappa shape index (κ1) is 12.4. The fraction of sp³-hybridized carbons (Fsp3) is 0.385. The number of aromatic nitrogens is 4. The molecule has 100 valence electrons. The molecule has 0 aromatic carbocycles. The van der Waals surface area contributed by atoms with Crippen LogP contribution in [0.15, 0.2) is 24.0 Å². The van der Waals surface area contributed by atoms with E-state index < -0.39 is 0 Å². The monoisotopic (exact) mass is 275 g/mol. The van der Waals surface area contributed by atoms with Crippen LogP contribution in [0.2, 0.25) is 0 Å². The van der Waals surface area contributed by atoms with Gasteiger partial charge in [-0.05, 0) is 6.92 Å². The highest BCUT2D eigenvalue weighted by atomic mass is 32.1. The lowest BCUT2D eigenvalue weighted by Gasteiger charge is -2.05. The molecule has 6 heteroatoms. The van der Waals surface area contributed by atoms with Crippen molar-refractivity contribution in [1.82, 2.24) is 24.3 Å². The van der Waals surface area contributed by atoms with Gasteiger partial charge in [-0.25, -0.2) is 9.97 Å². The second kappa shape index (κ2) is 5.14. The standard InChI is InChI=1S/C13H17N5S/c1-10-11(18-7-8-19-13(18)16-10)9-14-4-3-12-15-5-6-17(12)2/h5-8,14H,3-4,9H2,1-2H3. The van der Waals surface area contributed by atoms with E-state index in [4.69, 9.17) is 0 Å². The molecule has 19 heavy (non-hydrogen) atoms. The summed E-state index contributed by atoms with van der Waals surface area (Å²) >= 11 is 1.67. The predicted octanol–water partition coefficient (Wildman–Crippen LogP) is 1.77. The number of imidazole rings is 2. The summed E-state index contributed by atoms with van der Waals surface area (Å²) in [5.41, 5.74) is 2.35. The van der Waals surface area contributed by atoms with E-state index in [2.05, 4.69) is 42.8 Å². The molecule has 0 aliphatic heterocycles. The molecule has 5 nitrogen and oxygen atoms in total. The smallest absolute Gasteiger partial charge is 0.194 e. The molecule has 0 bridgehead atoms. The van der Waals surface area contributed by atoms with Crippen molar-refractivity contribution >= 4 is 16.3 Å². The average Bonchev–Trinajstić information content (AvgIpc) is 3.04. The third kappa shape index (κ3) is 2.41. The van der Waals surface area contributed by atoms with Crippen molar-refractivity contribution < 1.29 is 0 Å². The van der Waals surface area contributed by atoms with Gasteiger partial charge in [-0.15, -0.1) is 11.3 Å². The van der Waals surface area contributed by atoms with E-state index in [0.717, 1.165) is 36.0 Å². The maximum absolute atomic E-state index is 4.54. The van der Waals surface area contributed by atoms with Crippen LogP contribution in [0.5, 0.6) is 0 Å². The summed E-state index contributed by atoms with van der Waals surface area (Å²) in [6.07, 6.45) is 6.83. The number of hydrogen-bond donors (Lipinski definition) is 1. The lowest BCUT2D eigenvalue weighted by atomic mass is 10.3. The van der Waals surface area contributed by atoms with E-state index >= 15 is 0 Å². The minimum atomic E-state index is 0.841. The predicted molar refractivity (Wildman–Crippen MR) is 76.4 cm³/mol. The molecule has 0 amide bonds. The molecule has 0 unspecified atom stereocenters. The van der Waals surface area contributed by atoms with E-state index in [-0.39, 0.29) is 0 Å². The first-order chi connectivity index (χ1) is 9.25. The van der Waals surface area contributed by atoms with Crippen molar-refractivity contribution in [3.05, 3.63) is 41.2 Å². The van der Waals surface area contributed by atoms with Gasteiger partial charge in [-0.1, -0.05) is 0 Å². The number of aryl methyl sites for hydroxylation is 2. The van der Waals surface area contributed by atoms with Gasteiger partial charge in [0.25, 0.3) is 0 Å². The Bertz CT molecular complexity index is 678. The van der Waals surface area contributed by atoms with E-state index in [9.17, 15) is 0 Å². The largest absolute Gasteiger partial charge is 0.338 e. The summed E-state index contributed by atoms with van der Waals surface area (Å²) in [7, 11) is 2.03. The van der Waals surface area contributed by atoms with Crippen LogP contribution >= 0.6 is 11.3 Å². The lowest BCUT2D eigenvalue weighted by molar-refractivity contribution is 0.642. The van der Waals surface area contributed by atoms with Gasteiger partial charge in [-0.2, -0.15) is 0 Å². The minimum Gasteiger partial charge on any atom is -0.338 e. The van der Waals surface area contributed by atoms with Crippen molar-refractivity contribution in [2.45, 2.75) is 19.9 Å². The number of nitrogens with zero attached hydrogens (tertiary/aromatic N) is 4. The van der Waals surface area contributed by atoms with Crippen LogP contribution in [0.4, 0.5) is 0 Å². The minimum absolute atomic E-state index is 0.841. The molecular weight excluding hydrogens is 258 g/mol. The zero-order valence-electron chi connectivity index (χ0n) is 11.1. The third-order valence-electron chi connectivity index (χ3n) is 3.30. The Labute approximate surface area is 115 Å². The summed E-state index contributed by atoms with van der Waals surface area (Å²) in [6, 6.07) is 0. The molecule has 3 aromatic rings. The SMILES string of the molecule is Cc1nc2sccn2c1CNCCc1nccn1C. The van der Waals surface area contributed by atoms with Gasteiger partial charge in [0.1, 0.15) is 5.82 Å². The second-order valence-electron chi connectivity index (χ2n) is 4.58. The van der Waals surface area contributed by atoms with Gasteiger partial charge in [-0.3, -0.25) is 4.40 Å². The number of fused-ring (bicyclic) bond motifs is 1. The van der Waals surface area contributed by atoms with Crippen LogP contribution in [0.1, 0.15) is 17.2 Å². The van der Waals surface area contributed by atoms with E-state index in [1.54, 1.807) is 11.3 Å². The molecule has 0 saturated carbocycles. The van der Waals surface area contributed by atoms with Crippen LogP contribution in [0.3, 0.4) is 0 Å². The first-order valence-electron chi connectivity index (χ1n) is 6.33. The second-order valence-corrected chi connectivity index (χ2v) is 5.45. The number of nitrogens with one attached hydrogen (secondary N) is 1. The van der Waals surface area contributed by atoms with Crippen molar-refractivity contribution in [3.63, 3.8) is 0 Å². The van der Waals surface area contributed by atoms with Crippen LogP contribution in [0, 0.1) is 6.92 Å². The Morgan fingerprint density at radius 3 is 3.05 bits per heavy atom. The topological polar surface area (TPSA) is 47.1 Å². The van der Waals surface area contributed by atoms with Gasteiger partial charge in [0.05, 0.1) is 11.4 Å². The lowest BCUT2D eigenvalue weighted by Crippen LogP contribution is -2.19. The molecule has 0 fully saturated rings. The Kier molecular flexibility index (Phi) is 3.35. The first-order valence-corrected chi connectivity index (χ1v) is 7.21. The highest BCUT2D eigenvalue weighted by Crippen LogP contribution is 2.16. The molecule has 3 heterocycles. The average molecular weight is 275 g/mol. The van der Waals surface area contributed by atoms with Crippen LogP contribution < -0.4 is 5.32 Å². The molecule has 0 radical (unpaired) electrons. The molecule has 1 N–H and O–H groups in total. The van der Waals surface area contributed by atoms with Gasteiger partial charge >= 0.3 is 0 Å². The summed E-state index contributed by atoms with van der Waals surface area (Å²) in [5.74, 6) is 1.11. The zero-order chi connectivity index (χ0) is 13.2. The molecule has 0 atom stereocenters. The van der Waals surface area contributed by atoms with E-state index in [1.807, 2.05) is 19.4 Å². The highest BCUT2D eigenvalue weighted by Gasteiger charge is 2.08. The number of thiazole rings is 1. The van der Waals surface area contributed by atoms with Crippen LogP contribution in [-0.2, 0) is 20.0 Å². The van der Waals surface area contributed by atoms with E-state index in [1.165, 1.54) is 5.69 Å². The van der Waals surface area contributed by atoms with Crippen LogP contribution in [-0.4, -0.2) is 25.5 Å². The third-order valence-corrected chi connectivity index (χ3v) is 4.06. The summed E-state index contributed by atoms with van der Waals surface area (Å²) < 4.78 is 4.22. The van der Waals surface area contributed by atoms with Crippen molar-refractivity contribution in [2.75, 3.05) is 6.54 Å². The fourth-order valence-corrected chi connectivity index (χ4v) is 2.98. The maximum atomic E-state index is 4.54. The molecule has 0 saturated heterocycles. The molecule has 0 aliphatic rings. The quantitative estimate of drug-likeness (QED) is 0.722. The van der Waals surface area contributed by atoms with Crippen molar-refractivity contribution in [1.29, 1.82) is 0 Å². The fourth-order valence-electron chi connectivity index (χ4n) is 2.20. The number of rotatable bonds is 5. The molecule has 0 spiro atoms. The Hall–Kier alpha value is -1.66. The molecule has 0 aliphatic carbocycles. The normalized spacial score (nSPS) is 11.5. The van der Waals surface area contributed by atoms with Crippen molar-refractivity contribution in [3.8, 4) is 0 Å². The molecular formula is C13H17N5S. The number of hydrogen-bond acceptors (Lipinski definition) is 4. The Balaban J connectivity index is 1.59. The van der Waals surface area contributed by atoms with Crippen LogP contribution in [0.25, 0.3) is 4.96 Å². The van der Waals surface area contributed by atoms with Crippen molar-refractivity contribution in [2.24, 2.45) is 7.05 Å². The summed E-state index contributed by atoms with van der Waals surface area (Å²) in [6.45, 7) is 3.82. The maximum Gasteiger partial charge on any atom is 0.194 e. The van der Waals surface area contributed by atoms with Gasteiger partial charge in [0, 0.05) is 50.5 Å². The van der Waals surface area contributed by atoms with E-state index in [0.29, 0.717) is 0 Å². The zero-order valence-corrected chi connectivity index (χ0v) is 11.9. The molecule has 3 rings (SSSR count). The summed E-state index contributed by atoms with van der Waals surface area (Å²) in [5, 5.41) is 5.54.